The van der Waals surface area contributed by atoms with Crippen LogP contribution in [0.25, 0.3) is 10.8 Å². The van der Waals surface area contributed by atoms with E-state index in [0.29, 0.717) is 0 Å². The predicted octanol–water partition coefficient (Wildman–Crippen LogP) is 8.29. The Morgan fingerprint density at radius 2 is 0.893 bits per heavy atom. The second-order valence-electron chi connectivity index (χ2n) is 7.28. The summed E-state index contributed by atoms with van der Waals surface area (Å²) in [7, 11) is 0. The quantitative estimate of drug-likeness (QED) is 0.166. The summed E-state index contributed by atoms with van der Waals surface area (Å²) in [4.78, 5) is 0. The molecule has 0 saturated carbocycles. The molecule has 2 nitrogen and oxygen atoms in total. The van der Waals surface area contributed by atoms with Gasteiger partial charge >= 0.3 is 0 Å². The number of rotatable bonds is 16. The Morgan fingerprint density at radius 1 is 0.500 bits per heavy atom. The molecule has 156 valence electrons. The van der Waals surface area contributed by atoms with Crippen LogP contribution in [0.15, 0.2) is 36.4 Å². The fraction of sp³-hybridized carbons (Fsp3) is 0.583. The van der Waals surface area contributed by atoms with Crippen LogP contribution < -0.4 is 9.47 Å². The summed E-state index contributed by atoms with van der Waals surface area (Å²) >= 11 is 6.96. The van der Waals surface area contributed by atoms with Crippen molar-refractivity contribution in [1.82, 2.24) is 0 Å². The second kappa shape index (κ2) is 15.1. The van der Waals surface area contributed by atoms with Crippen LogP contribution in [-0.2, 0) is 0 Å². The van der Waals surface area contributed by atoms with Crippen LogP contribution in [-0.4, -0.2) is 23.9 Å². The molecule has 0 unspecified atom stereocenters. The van der Waals surface area contributed by atoms with Crippen molar-refractivity contribution >= 4 is 42.6 Å². The number of hydrogen-bond donors (Lipinski definition) is 0. The molecule has 0 fully saturated rings. The van der Waals surface area contributed by atoms with E-state index in [-0.39, 0.29) is 0 Å². The third-order valence-electron chi connectivity index (χ3n) is 4.88. The number of unbranched alkanes of at least 4 members (excludes halogenated alkanes) is 8. The molecule has 0 radical (unpaired) electrons. The molecule has 0 aromatic heterocycles. The monoisotopic (exact) mass is 512 g/mol. The van der Waals surface area contributed by atoms with Crippen molar-refractivity contribution < 1.29 is 9.47 Å². The summed E-state index contributed by atoms with van der Waals surface area (Å²) in [5.41, 5.74) is 0. The molecule has 0 N–H and O–H groups in total. The van der Waals surface area contributed by atoms with E-state index in [1.165, 1.54) is 62.1 Å². The first kappa shape index (κ1) is 23.5. The SMILES string of the molecule is BrCCCCCCCOc1ccc2cc(OCCCCCCCBr)ccc2c1. The van der Waals surface area contributed by atoms with Gasteiger partial charge in [0.25, 0.3) is 0 Å². The number of alkyl halides is 2. The molecular formula is C24H34Br2O2. The average Bonchev–Trinajstić information content (AvgIpc) is 2.72. The summed E-state index contributed by atoms with van der Waals surface area (Å²) < 4.78 is 11.9. The first-order chi connectivity index (χ1) is 13.8. The summed E-state index contributed by atoms with van der Waals surface area (Å²) in [5, 5.41) is 4.64. The summed E-state index contributed by atoms with van der Waals surface area (Å²) in [6, 6.07) is 12.7. The highest BCUT2D eigenvalue weighted by atomic mass is 79.9. The maximum atomic E-state index is 5.93. The van der Waals surface area contributed by atoms with E-state index in [1.807, 2.05) is 0 Å². The Kier molecular flexibility index (Phi) is 12.7. The van der Waals surface area contributed by atoms with Crippen molar-refractivity contribution in [1.29, 1.82) is 0 Å². The lowest BCUT2D eigenvalue weighted by molar-refractivity contribution is 0.304. The van der Waals surface area contributed by atoms with E-state index in [0.717, 1.165) is 48.2 Å². The molecule has 0 aliphatic carbocycles. The van der Waals surface area contributed by atoms with Gasteiger partial charge in [-0.1, -0.05) is 82.5 Å². The Bertz CT molecular complexity index is 603. The second-order valence-corrected chi connectivity index (χ2v) is 8.87. The van der Waals surface area contributed by atoms with Crippen LogP contribution in [0.4, 0.5) is 0 Å². The van der Waals surface area contributed by atoms with Crippen molar-refractivity contribution in [2.75, 3.05) is 23.9 Å². The topological polar surface area (TPSA) is 18.5 Å². The van der Waals surface area contributed by atoms with E-state index in [2.05, 4.69) is 68.3 Å². The zero-order valence-corrected chi connectivity index (χ0v) is 20.1. The van der Waals surface area contributed by atoms with Crippen molar-refractivity contribution in [3.05, 3.63) is 36.4 Å². The van der Waals surface area contributed by atoms with Crippen molar-refractivity contribution in [2.45, 2.75) is 64.2 Å². The Balaban J connectivity index is 1.69. The molecule has 0 aliphatic heterocycles. The fourth-order valence-corrected chi connectivity index (χ4v) is 4.01. The smallest absolute Gasteiger partial charge is 0.119 e. The van der Waals surface area contributed by atoms with E-state index < -0.39 is 0 Å². The van der Waals surface area contributed by atoms with Crippen LogP contribution in [0.2, 0.25) is 0 Å². The minimum Gasteiger partial charge on any atom is -0.494 e. The zero-order valence-electron chi connectivity index (χ0n) is 16.9. The van der Waals surface area contributed by atoms with Crippen molar-refractivity contribution in [2.24, 2.45) is 0 Å². The van der Waals surface area contributed by atoms with Gasteiger partial charge in [0.05, 0.1) is 13.2 Å². The highest BCUT2D eigenvalue weighted by Gasteiger charge is 2.01. The molecule has 0 amide bonds. The molecule has 0 atom stereocenters. The van der Waals surface area contributed by atoms with E-state index in [1.54, 1.807) is 0 Å². The first-order valence-corrected chi connectivity index (χ1v) is 13.0. The van der Waals surface area contributed by atoms with Crippen LogP contribution in [0.1, 0.15) is 64.2 Å². The fourth-order valence-electron chi connectivity index (χ4n) is 3.22. The molecule has 2 aromatic rings. The summed E-state index contributed by atoms with van der Waals surface area (Å²) in [6.07, 6.45) is 12.5. The Hall–Kier alpha value is -0.740. The van der Waals surface area contributed by atoms with Crippen LogP contribution in [0, 0.1) is 0 Å². The minimum absolute atomic E-state index is 0.802. The lowest BCUT2D eigenvalue weighted by atomic mass is 10.1. The molecule has 0 spiro atoms. The van der Waals surface area contributed by atoms with Gasteiger partial charge in [-0.3, -0.25) is 0 Å². The third kappa shape index (κ3) is 9.65. The molecule has 28 heavy (non-hydrogen) atoms. The number of hydrogen-bond acceptors (Lipinski definition) is 2. The molecule has 0 saturated heterocycles. The van der Waals surface area contributed by atoms with Gasteiger partial charge in [-0.15, -0.1) is 0 Å². The molecular weight excluding hydrogens is 480 g/mol. The first-order valence-electron chi connectivity index (χ1n) is 10.7. The third-order valence-corrected chi connectivity index (χ3v) is 6.00. The van der Waals surface area contributed by atoms with E-state index in [9.17, 15) is 0 Å². The predicted molar refractivity (Wildman–Crippen MR) is 129 cm³/mol. The minimum atomic E-state index is 0.802. The van der Waals surface area contributed by atoms with Gasteiger partial charge in [-0.2, -0.15) is 0 Å². The van der Waals surface area contributed by atoms with Crippen molar-refractivity contribution in [3.63, 3.8) is 0 Å². The Labute approximate surface area is 187 Å². The number of halogens is 2. The maximum Gasteiger partial charge on any atom is 0.119 e. The molecule has 0 heterocycles. The van der Waals surface area contributed by atoms with E-state index >= 15 is 0 Å². The van der Waals surface area contributed by atoms with Gasteiger partial charge in [-0.05, 0) is 60.7 Å². The van der Waals surface area contributed by atoms with E-state index in [4.69, 9.17) is 9.47 Å². The van der Waals surface area contributed by atoms with Crippen LogP contribution >= 0.6 is 31.9 Å². The molecule has 2 aromatic carbocycles. The maximum absolute atomic E-state index is 5.93. The van der Waals surface area contributed by atoms with Gasteiger partial charge in [0.1, 0.15) is 11.5 Å². The molecule has 2 rings (SSSR count). The summed E-state index contributed by atoms with van der Waals surface area (Å²) in [5.74, 6) is 1.93. The van der Waals surface area contributed by atoms with Crippen LogP contribution in [0.5, 0.6) is 11.5 Å². The van der Waals surface area contributed by atoms with Crippen LogP contribution in [0.3, 0.4) is 0 Å². The molecule has 0 bridgehead atoms. The van der Waals surface area contributed by atoms with Gasteiger partial charge in [0.2, 0.25) is 0 Å². The summed E-state index contributed by atoms with van der Waals surface area (Å²) in [6.45, 7) is 1.60. The lowest BCUT2D eigenvalue weighted by Crippen LogP contribution is -1.98. The highest BCUT2D eigenvalue weighted by molar-refractivity contribution is 9.09. The Morgan fingerprint density at radius 3 is 1.32 bits per heavy atom. The van der Waals surface area contributed by atoms with Gasteiger partial charge in [0, 0.05) is 10.7 Å². The zero-order chi connectivity index (χ0) is 19.9. The molecule has 0 aliphatic rings. The van der Waals surface area contributed by atoms with Gasteiger partial charge in [0.15, 0.2) is 0 Å². The largest absolute Gasteiger partial charge is 0.494 e. The van der Waals surface area contributed by atoms with Crippen molar-refractivity contribution in [3.8, 4) is 11.5 Å². The highest BCUT2D eigenvalue weighted by Crippen LogP contribution is 2.25. The standard InChI is InChI=1S/C24H34Br2O2/c25-15-7-3-1-5-9-17-27-23-13-11-22-20-24(14-12-21(22)19-23)28-18-10-6-2-4-8-16-26/h11-14,19-20H,1-10,15-18H2. The lowest BCUT2D eigenvalue weighted by Gasteiger charge is -2.10. The van der Waals surface area contributed by atoms with Gasteiger partial charge < -0.3 is 9.47 Å². The van der Waals surface area contributed by atoms with Gasteiger partial charge in [-0.25, -0.2) is 0 Å². The number of fused-ring (bicyclic) bond motifs is 1. The number of ether oxygens (including phenoxy) is 2. The number of benzene rings is 2. The molecule has 4 heteroatoms. The average molecular weight is 514 g/mol. The normalized spacial score (nSPS) is 11.1.